The second-order valence-corrected chi connectivity index (χ2v) is 7.66. The molecule has 0 aliphatic heterocycles. The van der Waals surface area contributed by atoms with E-state index in [9.17, 15) is 8.78 Å². The topological polar surface area (TPSA) is 39.9 Å². The number of pyridine rings is 2. The SMILES string of the molecule is Fc1ccc(Oc2[c-]c(-c3[c-]c4c(cc3)c3ccccc3n4-c3cc(F)ccn3)ccc2)nc1.[Pt+2]. The first-order chi connectivity index (χ1) is 16.7. The Morgan fingerprint density at radius 2 is 1.60 bits per heavy atom. The van der Waals surface area contributed by atoms with Gasteiger partial charge in [0, 0.05) is 29.6 Å². The van der Waals surface area contributed by atoms with Gasteiger partial charge in [-0.15, -0.1) is 18.2 Å². The number of ether oxygens (including phenoxy) is 1. The Labute approximate surface area is 214 Å². The molecule has 0 bridgehead atoms. The molecule has 0 fully saturated rings. The van der Waals surface area contributed by atoms with Crippen molar-refractivity contribution in [2.24, 2.45) is 0 Å². The molecule has 4 nitrogen and oxygen atoms in total. The van der Waals surface area contributed by atoms with Crippen molar-refractivity contribution in [2.45, 2.75) is 0 Å². The van der Waals surface area contributed by atoms with Gasteiger partial charge in [-0.25, -0.2) is 29.9 Å². The van der Waals surface area contributed by atoms with Crippen LogP contribution in [0, 0.1) is 23.8 Å². The molecular formula is C28H15F2N3OPt. The van der Waals surface area contributed by atoms with E-state index in [0.717, 1.165) is 39.1 Å². The van der Waals surface area contributed by atoms with Crippen LogP contribution in [0.4, 0.5) is 8.78 Å². The molecule has 0 aliphatic rings. The Bertz CT molecular complexity index is 1670. The van der Waals surface area contributed by atoms with Gasteiger partial charge in [0.2, 0.25) is 5.88 Å². The molecule has 0 radical (unpaired) electrons. The first-order valence-electron chi connectivity index (χ1n) is 10.6. The zero-order valence-electron chi connectivity index (χ0n) is 18.0. The first kappa shape index (κ1) is 22.9. The quantitative estimate of drug-likeness (QED) is 0.196. The van der Waals surface area contributed by atoms with E-state index in [1.54, 1.807) is 6.07 Å². The van der Waals surface area contributed by atoms with Gasteiger partial charge in [0.15, 0.2) is 0 Å². The molecule has 0 unspecified atom stereocenters. The third kappa shape index (κ3) is 4.33. The fourth-order valence-corrected chi connectivity index (χ4v) is 4.00. The molecule has 0 N–H and O–H groups in total. The molecule has 35 heavy (non-hydrogen) atoms. The van der Waals surface area contributed by atoms with E-state index in [-0.39, 0.29) is 32.8 Å². The molecule has 0 atom stereocenters. The van der Waals surface area contributed by atoms with Crippen LogP contribution in [0.15, 0.2) is 91.3 Å². The number of aromatic nitrogens is 3. The molecule has 3 aromatic heterocycles. The second kappa shape index (κ2) is 9.40. The zero-order valence-corrected chi connectivity index (χ0v) is 20.3. The van der Waals surface area contributed by atoms with Gasteiger partial charge in [0.25, 0.3) is 0 Å². The van der Waals surface area contributed by atoms with Gasteiger partial charge in [-0.3, -0.25) is 0 Å². The fourth-order valence-electron chi connectivity index (χ4n) is 4.00. The summed E-state index contributed by atoms with van der Waals surface area (Å²) >= 11 is 0. The summed E-state index contributed by atoms with van der Waals surface area (Å²) in [7, 11) is 0. The van der Waals surface area contributed by atoms with Crippen LogP contribution in [0.2, 0.25) is 0 Å². The maximum absolute atomic E-state index is 14.0. The van der Waals surface area contributed by atoms with E-state index in [1.165, 1.54) is 30.5 Å². The van der Waals surface area contributed by atoms with Gasteiger partial charge >= 0.3 is 21.1 Å². The van der Waals surface area contributed by atoms with Crippen molar-refractivity contribution in [3.05, 3.63) is 115 Å². The van der Waals surface area contributed by atoms with Crippen LogP contribution in [-0.2, 0) is 21.1 Å². The zero-order chi connectivity index (χ0) is 23.1. The summed E-state index contributed by atoms with van der Waals surface area (Å²) in [4.78, 5) is 8.32. The Morgan fingerprint density at radius 3 is 2.43 bits per heavy atom. The van der Waals surface area contributed by atoms with Crippen LogP contribution in [-0.4, -0.2) is 14.5 Å². The van der Waals surface area contributed by atoms with Crippen LogP contribution in [0.3, 0.4) is 0 Å². The molecule has 0 aliphatic carbocycles. The minimum atomic E-state index is -0.434. The number of nitrogens with zero attached hydrogens (tertiary/aromatic N) is 3. The Morgan fingerprint density at radius 1 is 0.743 bits per heavy atom. The summed E-state index contributed by atoms with van der Waals surface area (Å²) in [6.07, 6.45) is 2.55. The van der Waals surface area contributed by atoms with Gasteiger partial charge in [0.05, 0.1) is 6.20 Å². The first-order valence-corrected chi connectivity index (χ1v) is 10.6. The standard InChI is InChI=1S/C28H15F2N3O.Pt/c29-20-12-13-31-27(16-20)33-25-7-2-1-6-23(25)24-10-8-19(15-26(24)33)18-4-3-5-22(14-18)34-28-11-9-21(30)17-32-28;/h1-13,16-17H;/q-2;+2. The van der Waals surface area contributed by atoms with E-state index in [4.69, 9.17) is 4.74 Å². The van der Waals surface area contributed by atoms with Crippen molar-refractivity contribution < 1.29 is 34.6 Å². The van der Waals surface area contributed by atoms with Gasteiger partial charge in [-0.2, -0.15) is 24.3 Å². The largest absolute Gasteiger partial charge is 2.00 e. The molecule has 3 heterocycles. The van der Waals surface area contributed by atoms with Gasteiger partial charge in [-0.1, -0.05) is 23.6 Å². The van der Waals surface area contributed by atoms with E-state index >= 15 is 0 Å². The summed E-state index contributed by atoms with van der Waals surface area (Å²) in [5.41, 5.74) is 3.22. The van der Waals surface area contributed by atoms with Gasteiger partial charge in [0.1, 0.15) is 17.5 Å². The minimum absolute atomic E-state index is 0. The van der Waals surface area contributed by atoms with Crippen molar-refractivity contribution >= 4 is 21.8 Å². The third-order valence-corrected chi connectivity index (χ3v) is 5.49. The summed E-state index contributed by atoms with van der Waals surface area (Å²) in [6, 6.07) is 29.5. The second-order valence-electron chi connectivity index (χ2n) is 7.66. The smallest absolute Gasteiger partial charge is 0.460 e. The van der Waals surface area contributed by atoms with Crippen LogP contribution < -0.4 is 4.74 Å². The maximum atomic E-state index is 14.0. The molecule has 3 aromatic carbocycles. The average Bonchev–Trinajstić information content (AvgIpc) is 3.19. The van der Waals surface area contributed by atoms with Crippen LogP contribution in [0.5, 0.6) is 11.6 Å². The van der Waals surface area contributed by atoms with Crippen molar-refractivity contribution in [1.82, 2.24) is 14.5 Å². The predicted molar refractivity (Wildman–Crippen MR) is 126 cm³/mol. The van der Waals surface area contributed by atoms with Crippen LogP contribution in [0.25, 0.3) is 38.8 Å². The number of halogens is 2. The van der Waals surface area contributed by atoms with Crippen LogP contribution in [0.1, 0.15) is 0 Å². The summed E-state index contributed by atoms with van der Waals surface area (Å²) in [5, 5.41) is 2.00. The number of para-hydroxylation sites is 1. The minimum Gasteiger partial charge on any atom is -0.460 e. The molecule has 6 rings (SSSR count). The van der Waals surface area contributed by atoms with Crippen molar-refractivity contribution in [1.29, 1.82) is 0 Å². The van der Waals surface area contributed by atoms with Crippen molar-refractivity contribution in [3.63, 3.8) is 0 Å². The van der Waals surface area contributed by atoms with E-state index < -0.39 is 5.82 Å². The molecule has 0 saturated carbocycles. The van der Waals surface area contributed by atoms with E-state index in [2.05, 4.69) is 22.1 Å². The predicted octanol–water partition coefficient (Wildman–Crippen LogP) is 6.91. The third-order valence-electron chi connectivity index (χ3n) is 5.49. The molecule has 0 spiro atoms. The van der Waals surface area contributed by atoms with Gasteiger partial charge < -0.3 is 9.30 Å². The average molecular weight is 643 g/mol. The Hall–Kier alpha value is -3.89. The molecule has 6 aromatic rings. The molecular weight excluding hydrogens is 627 g/mol. The molecule has 0 saturated heterocycles. The van der Waals surface area contributed by atoms with E-state index in [0.29, 0.717) is 11.6 Å². The monoisotopic (exact) mass is 642 g/mol. The Kier molecular flexibility index (Phi) is 6.14. The van der Waals surface area contributed by atoms with Crippen molar-refractivity contribution in [3.8, 4) is 28.6 Å². The summed E-state index contributed by atoms with van der Waals surface area (Å²) in [6.45, 7) is 0. The number of hydrogen-bond donors (Lipinski definition) is 0. The molecule has 7 heteroatoms. The number of fused-ring (bicyclic) bond motifs is 3. The number of rotatable bonds is 4. The Balaban J connectivity index is 0.00000253. The van der Waals surface area contributed by atoms with E-state index in [1.807, 2.05) is 53.1 Å². The van der Waals surface area contributed by atoms with Gasteiger partial charge in [-0.05, 0) is 29.1 Å². The number of hydrogen-bond acceptors (Lipinski definition) is 3. The molecule has 0 amide bonds. The molecule has 172 valence electrons. The maximum Gasteiger partial charge on any atom is 2.00 e. The van der Waals surface area contributed by atoms with Crippen molar-refractivity contribution in [2.75, 3.05) is 0 Å². The van der Waals surface area contributed by atoms with Crippen LogP contribution >= 0.6 is 0 Å². The summed E-state index contributed by atoms with van der Waals surface area (Å²) in [5.74, 6) is 0.392. The number of benzene rings is 3. The summed E-state index contributed by atoms with van der Waals surface area (Å²) < 4.78 is 34.8. The normalized spacial score (nSPS) is 10.9. The fraction of sp³-hybridized carbons (Fsp3) is 0.